The Labute approximate surface area is 282 Å². The van der Waals surface area contributed by atoms with Gasteiger partial charge in [-0.1, -0.05) is 54.6 Å². The number of alkyl halides is 3. The smallest absolute Gasteiger partial charge is 0.422 e. The number of benzene rings is 4. The van der Waals surface area contributed by atoms with Crippen molar-refractivity contribution in [3.8, 4) is 5.75 Å². The first-order valence-corrected chi connectivity index (χ1v) is 16.1. The van der Waals surface area contributed by atoms with E-state index in [-0.39, 0.29) is 61.1 Å². The van der Waals surface area contributed by atoms with Crippen molar-refractivity contribution in [2.45, 2.75) is 51.9 Å². The van der Waals surface area contributed by atoms with Gasteiger partial charge in [0, 0.05) is 29.7 Å². The molecular formula is C38H38F3N3O5. The van der Waals surface area contributed by atoms with Crippen molar-refractivity contribution in [3.05, 3.63) is 102 Å². The third-order valence-electron chi connectivity index (χ3n) is 8.86. The average Bonchev–Trinajstić information content (AvgIpc) is 3.20. The van der Waals surface area contributed by atoms with Crippen LogP contribution < -0.4 is 19.9 Å². The number of amides is 2. The molecule has 1 heterocycles. The lowest BCUT2D eigenvalue weighted by Gasteiger charge is -2.27. The van der Waals surface area contributed by atoms with Gasteiger partial charge in [-0.05, 0) is 74.8 Å². The van der Waals surface area contributed by atoms with Crippen molar-refractivity contribution in [2.75, 3.05) is 30.0 Å². The summed E-state index contributed by atoms with van der Waals surface area (Å²) in [5, 5.41) is 4.31. The third-order valence-corrected chi connectivity index (χ3v) is 8.86. The topological polar surface area (TPSA) is 96.0 Å². The maximum atomic E-state index is 14.6. The first-order valence-electron chi connectivity index (χ1n) is 16.1. The van der Waals surface area contributed by atoms with Gasteiger partial charge in [-0.2, -0.15) is 13.2 Å². The molecule has 11 heteroatoms. The molecule has 0 aliphatic carbocycles. The van der Waals surface area contributed by atoms with Crippen LogP contribution in [0.2, 0.25) is 0 Å². The maximum Gasteiger partial charge on any atom is 0.422 e. The zero-order chi connectivity index (χ0) is 35.3. The summed E-state index contributed by atoms with van der Waals surface area (Å²) >= 11 is 0. The molecule has 1 aliphatic heterocycles. The highest BCUT2D eigenvalue weighted by atomic mass is 19.4. The lowest BCUT2D eigenvalue weighted by atomic mass is 9.96. The first-order chi connectivity index (χ1) is 23.4. The molecule has 4 aromatic rings. The van der Waals surface area contributed by atoms with Gasteiger partial charge in [0.2, 0.25) is 5.91 Å². The molecule has 4 aromatic carbocycles. The number of ketones is 2. The number of carbonyl (C=O) groups is 4. The van der Waals surface area contributed by atoms with E-state index in [0.29, 0.717) is 39.9 Å². The summed E-state index contributed by atoms with van der Waals surface area (Å²) in [6.07, 6.45) is -3.69. The zero-order valence-corrected chi connectivity index (χ0v) is 27.5. The second kappa shape index (κ2) is 15.0. The predicted molar refractivity (Wildman–Crippen MR) is 182 cm³/mol. The number of rotatable bonds is 12. The van der Waals surface area contributed by atoms with Crippen LogP contribution in [0.1, 0.15) is 59.4 Å². The molecule has 1 N–H and O–H groups in total. The molecule has 0 fully saturated rings. The molecule has 49 heavy (non-hydrogen) atoms. The lowest BCUT2D eigenvalue weighted by molar-refractivity contribution is -0.153. The van der Waals surface area contributed by atoms with Gasteiger partial charge in [0.15, 0.2) is 12.4 Å². The van der Waals surface area contributed by atoms with E-state index in [1.165, 1.54) is 22.8 Å². The molecule has 2 unspecified atom stereocenters. The number of para-hydroxylation sites is 2. The van der Waals surface area contributed by atoms with Crippen molar-refractivity contribution in [2.24, 2.45) is 5.92 Å². The Morgan fingerprint density at radius 3 is 2.24 bits per heavy atom. The van der Waals surface area contributed by atoms with Crippen molar-refractivity contribution in [3.63, 3.8) is 0 Å². The van der Waals surface area contributed by atoms with E-state index in [9.17, 15) is 32.3 Å². The number of Topliss-reactive ketones (excluding diaryl/α,β-unsaturated/α-hetero) is 2. The summed E-state index contributed by atoms with van der Waals surface area (Å²) in [7, 11) is 1.69. The minimum atomic E-state index is -4.58. The summed E-state index contributed by atoms with van der Waals surface area (Å²) < 4.78 is 45.2. The molecule has 8 nitrogen and oxygen atoms in total. The fraction of sp³-hybridized carbons (Fsp3) is 0.316. The van der Waals surface area contributed by atoms with Crippen LogP contribution in [0.25, 0.3) is 10.8 Å². The van der Waals surface area contributed by atoms with Crippen LogP contribution in [0.3, 0.4) is 0 Å². The highest BCUT2D eigenvalue weighted by Gasteiger charge is 2.37. The van der Waals surface area contributed by atoms with Gasteiger partial charge in [-0.15, -0.1) is 0 Å². The summed E-state index contributed by atoms with van der Waals surface area (Å²) in [6, 6.07) is 23.2. The number of nitrogens with zero attached hydrogens (tertiary/aromatic N) is 2. The average molecular weight is 674 g/mol. The summed E-state index contributed by atoms with van der Waals surface area (Å²) in [5.41, 5.74) is 2.00. The van der Waals surface area contributed by atoms with Crippen LogP contribution in [0, 0.1) is 5.92 Å². The van der Waals surface area contributed by atoms with Crippen molar-refractivity contribution >= 4 is 45.5 Å². The molecule has 0 saturated heterocycles. The summed E-state index contributed by atoms with van der Waals surface area (Å²) in [4.78, 5) is 56.3. The van der Waals surface area contributed by atoms with Gasteiger partial charge in [0.1, 0.15) is 11.5 Å². The number of anilines is 2. The van der Waals surface area contributed by atoms with Crippen LogP contribution in [-0.4, -0.2) is 55.8 Å². The van der Waals surface area contributed by atoms with E-state index in [2.05, 4.69) is 5.32 Å². The molecule has 0 bridgehead atoms. The number of likely N-dealkylation sites (N-methyl/N-ethyl adjacent to an activating group) is 1. The summed E-state index contributed by atoms with van der Waals surface area (Å²) in [6.45, 7) is 1.56. The number of halogens is 3. The van der Waals surface area contributed by atoms with Crippen molar-refractivity contribution in [1.29, 1.82) is 0 Å². The summed E-state index contributed by atoms with van der Waals surface area (Å²) in [5.74, 6) is -1.63. The van der Waals surface area contributed by atoms with E-state index < -0.39 is 18.7 Å². The van der Waals surface area contributed by atoms with Crippen LogP contribution in [0.5, 0.6) is 5.75 Å². The Morgan fingerprint density at radius 2 is 1.57 bits per heavy atom. The monoisotopic (exact) mass is 673 g/mol. The highest BCUT2D eigenvalue weighted by Crippen LogP contribution is 2.39. The Kier molecular flexibility index (Phi) is 10.8. The minimum Gasteiger partial charge on any atom is -0.484 e. The Balaban J connectivity index is 1.59. The van der Waals surface area contributed by atoms with Gasteiger partial charge in [0.25, 0.3) is 5.91 Å². The minimum absolute atomic E-state index is 0.00236. The normalized spacial score (nSPS) is 15.5. The molecule has 2 amide bonds. The SMILES string of the molecule is CNC(C)C(=O)CCCC1CN(C(=O)c2ccc(C(C)=O)cc2)c2ccccc2N(Cc2c(OCC(F)(F)F)ccc3ccccc23)C1=O. The fourth-order valence-electron chi connectivity index (χ4n) is 6.06. The number of ether oxygens (including phenoxy) is 1. The lowest BCUT2D eigenvalue weighted by Crippen LogP contribution is -2.40. The predicted octanol–water partition coefficient (Wildman–Crippen LogP) is 7.14. The zero-order valence-electron chi connectivity index (χ0n) is 27.5. The molecule has 5 rings (SSSR count). The van der Waals surface area contributed by atoms with Crippen LogP contribution >= 0.6 is 0 Å². The molecule has 256 valence electrons. The van der Waals surface area contributed by atoms with Crippen LogP contribution in [-0.2, 0) is 16.1 Å². The Hall–Kier alpha value is -5.03. The number of carbonyl (C=O) groups excluding carboxylic acids is 4. The molecule has 2 atom stereocenters. The molecule has 0 saturated carbocycles. The Bertz CT molecular complexity index is 1860. The number of nitrogens with one attached hydrogen (secondary N) is 1. The molecule has 0 aromatic heterocycles. The van der Waals surface area contributed by atoms with Gasteiger partial charge in [-0.3, -0.25) is 19.2 Å². The van der Waals surface area contributed by atoms with E-state index in [4.69, 9.17) is 4.74 Å². The van der Waals surface area contributed by atoms with Crippen LogP contribution in [0.15, 0.2) is 84.9 Å². The second-order valence-electron chi connectivity index (χ2n) is 12.2. The third kappa shape index (κ3) is 8.17. The maximum absolute atomic E-state index is 14.6. The van der Waals surface area contributed by atoms with Gasteiger partial charge < -0.3 is 19.9 Å². The van der Waals surface area contributed by atoms with Gasteiger partial charge in [0.05, 0.1) is 29.9 Å². The van der Waals surface area contributed by atoms with E-state index in [0.717, 1.165) is 5.39 Å². The number of hydrogen-bond acceptors (Lipinski definition) is 6. The second-order valence-corrected chi connectivity index (χ2v) is 12.2. The number of fused-ring (bicyclic) bond motifs is 2. The van der Waals surface area contributed by atoms with Gasteiger partial charge in [-0.25, -0.2) is 0 Å². The molecular weight excluding hydrogens is 635 g/mol. The van der Waals surface area contributed by atoms with Crippen LogP contribution in [0.4, 0.5) is 24.5 Å². The highest BCUT2D eigenvalue weighted by molar-refractivity contribution is 6.12. The van der Waals surface area contributed by atoms with E-state index in [1.54, 1.807) is 80.7 Å². The van der Waals surface area contributed by atoms with E-state index >= 15 is 0 Å². The quantitative estimate of drug-likeness (QED) is 0.161. The Morgan fingerprint density at radius 1 is 0.918 bits per heavy atom. The van der Waals surface area contributed by atoms with Gasteiger partial charge >= 0.3 is 6.18 Å². The first kappa shape index (κ1) is 35.3. The standard InChI is InChI=1S/C38H38F3N3O5/c1-24(42-3)34(46)14-8-10-29-21-43(36(47)28-17-15-26(16-18-28)25(2)45)32-12-6-7-13-33(32)44(37(29)48)22-31-30-11-5-4-9-27(30)19-20-35(31)49-23-38(39,40)41/h4-7,9,11-13,15-20,24,29,42H,8,10,14,21-23H2,1-3H3. The molecule has 0 radical (unpaired) electrons. The number of hydrogen-bond donors (Lipinski definition) is 1. The fourth-order valence-corrected chi connectivity index (χ4v) is 6.06. The van der Waals surface area contributed by atoms with Crippen molar-refractivity contribution < 1.29 is 37.1 Å². The molecule has 1 aliphatic rings. The van der Waals surface area contributed by atoms with Crippen molar-refractivity contribution in [1.82, 2.24) is 5.32 Å². The van der Waals surface area contributed by atoms with E-state index in [1.807, 2.05) is 12.1 Å². The molecule has 0 spiro atoms. The largest absolute Gasteiger partial charge is 0.484 e.